The van der Waals surface area contributed by atoms with Crippen molar-refractivity contribution < 1.29 is 0 Å². The minimum absolute atomic E-state index is 0.707. The third kappa shape index (κ3) is 10.4. The van der Waals surface area contributed by atoms with Gasteiger partial charge in [0.1, 0.15) is 0 Å². The first-order chi connectivity index (χ1) is 32.7. The van der Waals surface area contributed by atoms with Crippen LogP contribution in [-0.2, 0) is 0 Å². The van der Waals surface area contributed by atoms with E-state index in [-0.39, 0.29) is 0 Å². The highest BCUT2D eigenvalue weighted by molar-refractivity contribution is 5.98. The van der Waals surface area contributed by atoms with Gasteiger partial charge in [-0.3, -0.25) is 0 Å². The second-order valence-corrected chi connectivity index (χ2v) is 18.6. The Morgan fingerprint density at radius 1 is 0.318 bits per heavy atom. The average Bonchev–Trinajstić information content (AvgIpc) is 3.40. The summed E-state index contributed by atoms with van der Waals surface area (Å²) in [6, 6.07) is 71.6. The number of rotatable bonds is 12. The summed E-state index contributed by atoms with van der Waals surface area (Å²) in [5, 5.41) is 2.49. The lowest BCUT2D eigenvalue weighted by Gasteiger charge is -2.22. The van der Waals surface area contributed by atoms with Crippen LogP contribution >= 0.6 is 0 Å². The number of hydrogen-bond acceptors (Lipinski definition) is 0. The van der Waals surface area contributed by atoms with Crippen molar-refractivity contribution in [3.63, 3.8) is 0 Å². The highest BCUT2D eigenvalue weighted by atomic mass is 14.2. The van der Waals surface area contributed by atoms with Crippen molar-refractivity contribution >= 4 is 58.4 Å². The Balaban J connectivity index is 0.885. The van der Waals surface area contributed by atoms with Crippen molar-refractivity contribution in [2.24, 2.45) is 0 Å². The zero-order valence-corrected chi connectivity index (χ0v) is 38.2. The molecule has 66 heavy (non-hydrogen) atoms. The van der Waals surface area contributed by atoms with E-state index in [0.717, 1.165) is 0 Å². The lowest BCUT2D eigenvalue weighted by molar-refractivity contribution is 0.443. The van der Waals surface area contributed by atoms with E-state index in [0.29, 0.717) is 11.8 Å². The van der Waals surface area contributed by atoms with Gasteiger partial charge in [-0.2, -0.15) is 0 Å². The van der Waals surface area contributed by atoms with Crippen LogP contribution in [0.3, 0.4) is 0 Å². The second-order valence-electron chi connectivity index (χ2n) is 18.6. The molecule has 2 aliphatic rings. The number of benzene rings is 8. The molecule has 324 valence electrons. The summed E-state index contributed by atoms with van der Waals surface area (Å²) < 4.78 is 0. The average molecular weight is 853 g/mol. The molecule has 2 aliphatic carbocycles. The van der Waals surface area contributed by atoms with Gasteiger partial charge in [0.05, 0.1) is 0 Å². The molecule has 2 saturated carbocycles. The van der Waals surface area contributed by atoms with E-state index in [1.54, 1.807) is 0 Å². The zero-order valence-electron chi connectivity index (χ0n) is 38.2. The van der Waals surface area contributed by atoms with Crippen LogP contribution in [0.1, 0.15) is 143 Å². The molecule has 0 aromatic heterocycles. The van der Waals surface area contributed by atoms with E-state index in [9.17, 15) is 0 Å². The van der Waals surface area contributed by atoms with Gasteiger partial charge in [0.2, 0.25) is 0 Å². The van der Waals surface area contributed by atoms with Gasteiger partial charge in [0, 0.05) is 0 Å². The Labute approximate surface area is 393 Å². The van der Waals surface area contributed by atoms with E-state index in [4.69, 9.17) is 0 Å². The van der Waals surface area contributed by atoms with E-state index in [1.807, 2.05) is 0 Å². The Morgan fingerprint density at radius 2 is 0.727 bits per heavy atom. The SMILES string of the molecule is C(=Cc1ccc2ccccc2c1C=Cc1ccc(C=C(c2ccccc2)c2ccc(C3CCCCC3)cc2)cc1)c1ccc(C=C(c2ccccc2)c2ccc(C3CCCCC3)cc2)cc1. The van der Waals surface area contributed by atoms with Crippen molar-refractivity contribution in [1.29, 1.82) is 0 Å². The third-order valence-electron chi connectivity index (χ3n) is 14.2. The molecule has 2 fully saturated rings. The van der Waals surface area contributed by atoms with Gasteiger partial charge in [0.15, 0.2) is 0 Å². The normalized spacial score (nSPS) is 15.5. The van der Waals surface area contributed by atoms with Crippen LogP contribution < -0.4 is 0 Å². The van der Waals surface area contributed by atoms with E-state index < -0.39 is 0 Å². The van der Waals surface area contributed by atoms with Gasteiger partial charge in [-0.05, 0) is 138 Å². The van der Waals surface area contributed by atoms with Gasteiger partial charge >= 0.3 is 0 Å². The van der Waals surface area contributed by atoms with Gasteiger partial charge in [-0.25, -0.2) is 0 Å². The zero-order chi connectivity index (χ0) is 44.3. The van der Waals surface area contributed by atoms with Crippen molar-refractivity contribution in [3.05, 3.63) is 261 Å². The molecule has 0 saturated heterocycles. The maximum absolute atomic E-state index is 2.38. The topological polar surface area (TPSA) is 0 Å². The maximum atomic E-state index is 2.38. The van der Waals surface area contributed by atoms with Crippen molar-refractivity contribution in [2.45, 2.75) is 76.0 Å². The van der Waals surface area contributed by atoms with Crippen molar-refractivity contribution in [2.75, 3.05) is 0 Å². The highest BCUT2D eigenvalue weighted by Crippen LogP contribution is 2.36. The first-order valence-corrected chi connectivity index (χ1v) is 24.5. The van der Waals surface area contributed by atoms with Gasteiger partial charge in [0.25, 0.3) is 0 Å². The molecular formula is C66H60. The first kappa shape index (κ1) is 42.9. The summed E-state index contributed by atoms with van der Waals surface area (Å²) in [6.45, 7) is 0. The molecule has 0 heteroatoms. The highest BCUT2D eigenvalue weighted by Gasteiger charge is 2.17. The van der Waals surface area contributed by atoms with Crippen molar-refractivity contribution in [1.82, 2.24) is 0 Å². The molecule has 0 spiro atoms. The lowest BCUT2D eigenvalue weighted by Crippen LogP contribution is -2.04. The lowest BCUT2D eigenvalue weighted by atomic mass is 9.83. The van der Waals surface area contributed by atoms with Gasteiger partial charge in [-0.1, -0.05) is 257 Å². The second kappa shape index (κ2) is 20.9. The Morgan fingerprint density at radius 3 is 1.21 bits per heavy atom. The molecule has 0 unspecified atom stereocenters. The standard InChI is InChI=1S/C66H60/c1-5-15-53(16-6-1)55-36-40-61(41-37-55)65(57-19-9-3-10-20-57)47-51-29-25-49(26-30-51)33-35-60-45-44-59-23-13-14-24-63(59)64(60)46-34-50-27-31-52(32-28-50)48-66(58-21-11-4-12-22-58)62-42-38-56(39-43-62)54-17-7-2-8-18-54/h3-4,9-14,19-48,53-54H,1-2,5-8,15-18H2. The monoisotopic (exact) mass is 852 g/mol. The fraction of sp³-hybridized carbons (Fsp3) is 0.182. The van der Waals surface area contributed by atoms with Crippen LogP contribution in [0.25, 0.3) is 58.4 Å². The molecule has 0 radical (unpaired) electrons. The maximum Gasteiger partial charge on any atom is -0.0105 e. The Bertz CT molecular complexity index is 2950. The van der Waals surface area contributed by atoms with Crippen LogP contribution in [0.2, 0.25) is 0 Å². The third-order valence-corrected chi connectivity index (χ3v) is 14.2. The molecule has 8 aromatic carbocycles. The fourth-order valence-corrected chi connectivity index (χ4v) is 10.4. The summed E-state index contributed by atoms with van der Waals surface area (Å²) in [7, 11) is 0. The summed E-state index contributed by atoms with van der Waals surface area (Å²) >= 11 is 0. The number of hydrogen-bond donors (Lipinski definition) is 0. The number of fused-ring (bicyclic) bond motifs is 1. The molecule has 0 amide bonds. The molecule has 0 heterocycles. The predicted octanol–water partition coefficient (Wildman–Crippen LogP) is 18.5. The largest absolute Gasteiger partial charge is 0.0622 e. The molecule has 0 bridgehead atoms. The van der Waals surface area contributed by atoms with Crippen molar-refractivity contribution in [3.8, 4) is 0 Å². The van der Waals surface area contributed by atoms with Crippen LogP contribution in [0, 0.1) is 0 Å². The van der Waals surface area contributed by atoms with Gasteiger partial charge < -0.3 is 0 Å². The minimum Gasteiger partial charge on any atom is -0.0622 e. The van der Waals surface area contributed by atoms with E-state index in [1.165, 1.54) is 153 Å². The first-order valence-electron chi connectivity index (χ1n) is 24.5. The molecule has 8 aromatic rings. The smallest absolute Gasteiger partial charge is 0.0105 e. The van der Waals surface area contributed by atoms with Crippen LogP contribution in [0.4, 0.5) is 0 Å². The summed E-state index contributed by atoms with van der Waals surface area (Å²) in [4.78, 5) is 0. The van der Waals surface area contributed by atoms with Crippen LogP contribution in [0.5, 0.6) is 0 Å². The minimum atomic E-state index is 0.707. The quantitative estimate of drug-likeness (QED) is 0.107. The Kier molecular flexibility index (Phi) is 13.6. The predicted molar refractivity (Wildman–Crippen MR) is 286 cm³/mol. The molecule has 0 aliphatic heterocycles. The fourth-order valence-electron chi connectivity index (χ4n) is 10.4. The molecule has 0 atom stereocenters. The summed E-state index contributed by atoms with van der Waals surface area (Å²) in [5.41, 5.74) is 17.6. The van der Waals surface area contributed by atoms with Gasteiger partial charge in [-0.15, -0.1) is 0 Å². The molecule has 0 nitrogen and oxygen atoms in total. The van der Waals surface area contributed by atoms with E-state index in [2.05, 4.69) is 231 Å². The Hall–Kier alpha value is -7.02. The summed E-state index contributed by atoms with van der Waals surface area (Å²) in [5.74, 6) is 1.41. The van der Waals surface area contributed by atoms with Crippen LogP contribution in [-0.4, -0.2) is 0 Å². The van der Waals surface area contributed by atoms with E-state index >= 15 is 0 Å². The molecular weight excluding hydrogens is 793 g/mol. The summed E-state index contributed by atoms with van der Waals surface area (Å²) in [6.07, 6.45) is 27.2. The molecule has 0 N–H and O–H groups in total. The van der Waals surface area contributed by atoms with Crippen LogP contribution in [0.15, 0.2) is 194 Å². The molecule has 10 rings (SSSR count).